The minimum absolute atomic E-state index is 0.504. The Morgan fingerprint density at radius 2 is 2.29 bits per heavy atom. The number of nitrogens with zero attached hydrogens (tertiary/aromatic N) is 1. The average molecular weight is 256 g/mol. The summed E-state index contributed by atoms with van der Waals surface area (Å²) in [5.41, 5.74) is 2.35. The predicted molar refractivity (Wildman–Crippen MR) is 56.3 cm³/mol. The van der Waals surface area contributed by atoms with Crippen LogP contribution in [0.15, 0.2) is 22.7 Å². The van der Waals surface area contributed by atoms with Crippen molar-refractivity contribution in [2.24, 2.45) is 0 Å². The molecule has 0 spiro atoms. The lowest BCUT2D eigenvalue weighted by Crippen LogP contribution is -2.34. The standard InChI is InChI=1S/C10H10BrNO2/c11-9-3-1-2-7-6-12(10(13)14)5-4-8(7)9/h1-3H,4-6H2,(H,13,14). The summed E-state index contributed by atoms with van der Waals surface area (Å²) in [4.78, 5) is 12.2. The van der Waals surface area contributed by atoms with Gasteiger partial charge in [0, 0.05) is 17.6 Å². The van der Waals surface area contributed by atoms with Crippen molar-refractivity contribution in [3.63, 3.8) is 0 Å². The average Bonchev–Trinajstić information content (AvgIpc) is 2.17. The van der Waals surface area contributed by atoms with E-state index in [0.717, 1.165) is 16.5 Å². The summed E-state index contributed by atoms with van der Waals surface area (Å²) in [6, 6.07) is 5.92. The molecule has 1 heterocycles. The number of carbonyl (C=O) groups is 1. The van der Waals surface area contributed by atoms with Gasteiger partial charge in [0.1, 0.15) is 0 Å². The number of fused-ring (bicyclic) bond motifs is 1. The monoisotopic (exact) mass is 255 g/mol. The fourth-order valence-electron chi connectivity index (χ4n) is 1.73. The van der Waals surface area contributed by atoms with Crippen LogP contribution >= 0.6 is 15.9 Å². The second-order valence-electron chi connectivity index (χ2n) is 3.33. The van der Waals surface area contributed by atoms with Crippen molar-refractivity contribution in [3.05, 3.63) is 33.8 Å². The molecule has 0 saturated heterocycles. The summed E-state index contributed by atoms with van der Waals surface area (Å²) >= 11 is 3.47. The molecule has 3 nitrogen and oxygen atoms in total. The van der Waals surface area contributed by atoms with Crippen LogP contribution in [0, 0.1) is 0 Å². The highest BCUT2D eigenvalue weighted by atomic mass is 79.9. The number of amides is 1. The summed E-state index contributed by atoms with van der Waals surface area (Å²) in [6.07, 6.45) is -0.0427. The first-order chi connectivity index (χ1) is 6.68. The van der Waals surface area contributed by atoms with Crippen LogP contribution in [0.5, 0.6) is 0 Å². The van der Waals surface area contributed by atoms with Crippen molar-refractivity contribution in [3.8, 4) is 0 Å². The van der Waals surface area contributed by atoms with Gasteiger partial charge in [-0.1, -0.05) is 28.1 Å². The molecule has 14 heavy (non-hydrogen) atoms. The molecule has 0 unspecified atom stereocenters. The minimum atomic E-state index is -0.837. The molecule has 0 saturated carbocycles. The van der Waals surface area contributed by atoms with E-state index in [1.54, 1.807) is 0 Å². The topological polar surface area (TPSA) is 40.5 Å². The summed E-state index contributed by atoms with van der Waals surface area (Å²) in [6.45, 7) is 1.09. The van der Waals surface area contributed by atoms with E-state index in [0.29, 0.717) is 13.1 Å². The SMILES string of the molecule is O=C(O)N1CCc2c(Br)cccc2C1. The maximum Gasteiger partial charge on any atom is 0.407 e. The van der Waals surface area contributed by atoms with Crippen LogP contribution in [0.1, 0.15) is 11.1 Å². The number of carboxylic acid groups (broad SMARTS) is 1. The van der Waals surface area contributed by atoms with Crippen LogP contribution < -0.4 is 0 Å². The van der Waals surface area contributed by atoms with Crippen LogP contribution in [0.3, 0.4) is 0 Å². The molecule has 0 atom stereocenters. The first kappa shape index (κ1) is 9.52. The predicted octanol–water partition coefficient (Wildman–Crippen LogP) is 2.49. The number of rotatable bonds is 0. The van der Waals surface area contributed by atoms with E-state index in [4.69, 9.17) is 5.11 Å². The third-order valence-corrected chi connectivity index (χ3v) is 3.22. The zero-order chi connectivity index (χ0) is 10.1. The molecule has 0 radical (unpaired) electrons. The molecular weight excluding hydrogens is 246 g/mol. The third-order valence-electron chi connectivity index (χ3n) is 2.48. The Bertz CT molecular complexity index is 378. The van der Waals surface area contributed by atoms with Gasteiger partial charge in [-0.25, -0.2) is 4.79 Å². The maximum atomic E-state index is 10.8. The highest BCUT2D eigenvalue weighted by molar-refractivity contribution is 9.10. The van der Waals surface area contributed by atoms with Gasteiger partial charge < -0.3 is 10.0 Å². The van der Waals surface area contributed by atoms with E-state index < -0.39 is 6.09 Å². The summed E-state index contributed by atoms with van der Waals surface area (Å²) in [7, 11) is 0. The highest BCUT2D eigenvalue weighted by Crippen LogP contribution is 2.26. The number of halogens is 1. The van der Waals surface area contributed by atoms with Gasteiger partial charge in [-0.3, -0.25) is 0 Å². The first-order valence-corrected chi connectivity index (χ1v) is 5.22. The lowest BCUT2D eigenvalue weighted by molar-refractivity contribution is 0.140. The van der Waals surface area contributed by atoms with Crippen LogP contribution in [0.2, 0.25) is 0 Å². The third kappa shape index (κ3) is 1.62. The number of hydrogen-bond acceptors (Lipinski definition) is 1. The molecule has 0 fully saturated rings. The van der Waals surface area contributed by atoms with Gasteiger partial charge in [0.2, 0.25) is 0 Å². The van der Waals surface area contributed by atoms with Crippen LogP contribution in [-0.4, -0.2) is 22.6 Å². The molecule has 1 amide bonds. The highest BCUT2D eigenvalue weighted by Gasteiger charge is 2.20. The largest absolute Gasteiger partial charge is 0.465 e. The van der Waals surface area contributed by atoms with Gasteiger partial charge in [-0.05, 0) is 23.6 Å². The Labute approximate surface area is 90.5 Å². The van der Waals surface area contributed by atoms with Crippen molar-refractivity contribution in [2.75, 3.05) is 6.54 Å². The molecule has 0 aliphatic carbocycles. The minimum Gasteiger partial charge on any atom is -0.465 e. The van der Waals surface area contributed by atoms with Gasteiger partial charge >= 0.3 is 6.09 Å². The maximum absolute atomic E-state index is 10.8. The Balaban J connectivity index is 2.31. The Morgan fingerprint density at radius 1 is 1.50 bits per heavy atom. The van der Waals surface area contributed by atoms with E-state index in [1.165, 1.54) is 10.5 Å². The fraction of sp³-hybridized carbons (Fsp3) is 0.300. The van der Waals surface area contributed by atoms with Crippen LogP contribution in [-0.2, 0) is 13.0 Å². The molecule has 4 heteroatoms. The van der Waals surface area contributed by atoms with Gasteiger partial charge in [-0.15, -0.1) is 0 Å². The summed E-state index contributed by atoms with van der Waals surface area (Å²) in [5.74, 6) is 0. The molecule has 1 N–H and O–H groups in total. The molecule has 1 aromatic rings. The second kappa shape index (κ2) is 3.61. The van der Waals surface area contributed by atoms with E-state index in [1.807, 2.05) is 18.2 Å². The molecule has 74 valence electrons. The molecule has 0 aromatic heterocycles. The second-order valence-corrected chi connectivity index (χ2v) is 4.19. The van der Waals surface area contributed by atoms with Crippen molar-refractivity contribution >= 4 is 22.0 Å². The van der Waals surface area contributed by atoms with Crippen molar-refractivity contribution < 1.29 is 9.90 Å². The fourth-order valence-corrected chi connectivity index (χ4v) is 2.33. The zero-order valence-electron chi connectivity index (χ0n) is 7.53. The van der Waals surface area contributed by atoms with Gasteiger partial charge in [0.15, 0.2) is 0 Å². The van der Waals surface area contributed by atoms with Gasteiger partial charge in [-0.2, -0.15) is 0 Å². The van der Waals surface area contributed by atoms with Gasteiger partial charge in [0.05, 0.1) is 0 Å². The summed E-state index contributed by atoms with van der Waals surface area (Å²) in [5, 5.41) is 8.85. The van der Waals surface area contributed by atoms with E-state index in [9.17, 15) is 4.79 Å². The van der Waals surface area contributed by atoms with Crippen LogP contribution in [0.25, 0.3) is 0 Å². The van der Waals surface area contributed by atoms with Crippen molar-refractivity contribution in [1.29, 1.82) is 0 Å². The number of benzene rings is 1. The molecular formula is C10H10BrNO2. The lowest BCUT2D eigenvalue weighted by Gasteiger charge is -2.26. The van der Waals surface area contributed by atoms with E-state index in [-0.39, 0.29) is 0 Å². The molecule has 1 aliphatic heterocycles. The van der Waals surface area contributed by atoms with Crippen LogP contribution in [0.4, 0.5) is 4.79 Å². The molecule has 1 aromatic carbocycles. The van der Waals surface area contributed by atoms with Gasteiger partial charge in [0.25, 0.3) is 0 Å². The smallest absolute Gasteiger partial charge is 0.407 e. The Kier molecular flexibility index (Phi) is 2.46. The van der Waals surface area contributed by atoms with E-state index >= 15 is 0 Å². The molecule has 2 rings (SSSR count). The van der Waals surface area contributed by atoms with Crippen molar-refractivity contribution in [1.82, 2.24) is 4.90 Å². The first-order valence-electron chi connectivity index (χ1n) is 4.42. The summed E-state index contributed by atoms with van der Waals surface area (Å²) < 4.78 is 1.08. The Morgan fingerprint density at radius 3 is 3.00 bits per heavy atom. The Hall–Kier alpha value is -1.03. The molecule has 1 aliphatic rings. The lowest BCUT2D eigenvalue weighted by atomic mass is 10.0. The van der Waals surface area contributed by atoms with E-state index in [2.05, 4.69) is 15.9 Å². The number of hydrogen-bond donors (Lipinski definition) is 1. The quantitative estimate of drug-likeness (QED) is 0.774. The van der Waals surface area contributed by atoms with Crippen molar-refractivity contribution in [2.45, 2.75) is 13.0 Å². The molecule has 0 bridgehead atoms. The zero-order valence-corrected chi connectivity index (χ0v) is 9.12. The normalized spacial score (nSPS) is 15.1.